The second-order valence-corrected chi connectivity index (χ2v) is 5.26. The molecular formula is C18H22N2O. The Balaban J connectivity index is 2.39. The average molecular weight is 282 g/mol. The highest BCUT2D eigenvalue weighted by atomic mass is 16.2. The zero-order chi connectivity index (χ0) is 15.2. The Hall–Kier alpha value is -2.13. The van der Waals surface area contributed by atoms with Crippen molar-refractivity contribution in [1.29, 1.82) is 0 Å². The lowest BCUT2D eigenvalue weighted by Crippen LogP contribution is -2.38. The van der Waals surface area contributed by atoms with Crippen LogP contribution in [0, 0.1) is 0 Å². The lowest BCUT2D eigenvalue weighted by Gasteiger charge is -2.33. The first-order chi connectivity index (χ1) is 10.1. The second-order valence-electron chi connectivity index (χ2n) is 5.26. The van der Waals surface area contributed by atoms with Crippen LogP contribution >= 0.6 is 0 Å². The Labute approximate surface area is 126 Å². The summed E-state index contributed by atoms with van der Waals surface area (Å²) in [5.41, 5.74) is 7.87. The summed E-state index contributed by atoms with van der Waals surface area (Å²) in [6.07, 6.45) is 0. The lowest BCUT2D eigenvalue weighted by molar-refractivity contribution is -0.131. The number of carbonyl (C=O) groups is 1. The maximum Gasteiger partial charge on any atom is 0.236 e. The predicted molar refractivity (Wildman–Crippen MR) is 85.9 cm³/mol. The molecular weight excluding hydrogens is 260 g/mol. The van der Waals surface area contributed by atoms with Gasteiger partial charge in [-0.2, -0.15) is 0 Å². The van der Waals surface area contributed by atoms with Crippen LogP contribution in [0.5, 0.6) is 0 Å². The topological polar surface area (TPSA) is 46.3 Å². The number of rotatable bonds is 5. The van der Waals surface area contributed by atoms with Crippen LogP contribution in [0.1, 0.15) is 30.0 Å². The molecule has 0 aliphatic heterocycles. The van der Waals surface area contributed by atoms with Gasteiger partial charge in [0.2, 0.25) is 5.91 Å². The highest BCUT2D eigenvalue weighted by molar-refractivity contribution is 5.78. The molecule has 2 N–H and O–H groups in total. The fraction of sp³-hybridized carbons (Fsp3) is 0.278. The van der Waals surface area contributed by atoms with E-state index in [9.17, 15) is 4.79 Å². The zero-order valence-electron chi connectivity index (χ0n) is 12.6. The van der Waals surface area contributed by atoms with Crippen molar-refractivity contribution in [2.24, 2.45) is 5.73 Å². The molecule has 2 aromatic rings. The second kappa shape index (κ2) is 7.04. The Morgan fingerprint density at radius 2 is 1.48 bits per heavy atom. The van der Waals surface area contributed by atoms with Gasteiger partial charge in [-0.3, -0.25) is 4.79 Å². The third kappa shape index (κ3) is 3.50. The summed E-state index contributed by atoms with van der Waals surface area (Å²) in [4.78, 5) is 13.8. The van der Waals surface area contributed by atoms with E-state index in [1.54, 1.807) is 4.90 Å². The highest BCUT2D eigenvalue weighted by Crippen LogP contribution is 2.34. The van der Waals surface area contributed by atoms with E-state index in [1.807, 2.05) is 43.4 Å². The summed E-state index contributed by atoms with van der Waals surface area (Å²) in [7, 11) is 1.83. The van der Waals surface area contributed by atoms with Gasteiger partial charge < -0.3 is 10.6 Å². The Morgan fingerprint density at radius 3 is 1.95 bits per heavy atom. The van der Waals surface area contributed by atoms with Crippen molar-refractivity contribution in [2.75, 3.05) is 13.6 Å². The van der Waals surface area contributed by atoms with Gasteiger partial charge in [0.05, 0.1) is 12.6 Å². The van der Waals surface area contributed by atoms with E-state index in [0.29, 0.717) is 0 Å². The number of benzene rings is 2. The largest absolute Gasteiger partial charge is 0.337 e. The number of nitrogens with two attached hydrogens (primary N) is 1. The van der Waals surface area contributed by atoms with E-state index in [0.717, 1.165) is 5.56 Å². The fourth-order valence-electron chi connectivity index (χ4n) is 2.74. The molecule has 110 valence electrons. The number of hydrogen-bond donors (Lipinski definition) is 1. The molecule has 0 saturated heterocycles. The Bertz CT molecular complexity index is 568. The van der Waals surface area contributed by atoms with Crippen molar-refractivity contribution < 1.29 is 4.79 Å². The molecule has 0 aliphatic rings. The maximum atomic E-state index is 12.1. The number of nitrogens with zero attached hydrogens (tertiary/aromatic N) is 1. The predicted octanol–water partition coefficient (Wildman–Crippen LogP) is 2.95. The molecule has 0 aliphatic carbocycles. The van der Waals surface area contributed by atoms with E-state index in [-0.39, 0.29) is 24.4 Å². The number of hydrogen-bond acceptors (Lipinski definition) is 2. The van der Waals surface area contributed by atoms with Crippen molar-refractivity contribution in [2.45, 2.75) is 18.9 Å². The fourth-order valence-corrected chi connectivity index (χ4v) is 2.74. The monoisotopic (exact) mass is 282 g/mol. The van der Waals surface area contributed by atoms with E-state index in [1.165, 1.54) is 5.56 Å². The minimum atomic E-state index is -0.0494. The van der Waals surface area contributed by atoms with E-state index >= 15 is 0 Å². The molecule has 0 bridgehead atoms. The average Bonchev–Trinajstić information content (AvgIpc) is 2.56. The van der Waals surface area contributed by atoms with Crippen LogP contribution < -0.4 is 5.73 Å². The van der Waals surface area contributed by atoms with Gasteiger partial charge in [-0.05, 0) is 11.1 Å². The minimum absolute atomic E-state index is 0.0235. The van der Waals surface area contributed by atoms with E-state index in [2.05, 4.69) is 31.2 Å². The molecule has 1 amide bonds. The Morgan fingerprint density at radius 1 is 1.00 bits per heavy atom. The quantitative estimate of drug-likeness (QED) is 0.916. The molecule has 2 rings (SSSR count). The zero-order valence-corrected chi connectivity index (χ0v) is 12.6. The van der Waals surface area contributed by atoms with Crippen LogP contribution in [-0.4, -0.2) is 24.4 Å². The van der Waals surface area contributed by atoms with Crippen molar-refractivity contribution in [3.8, 4) is 0 Å². The van der Waals surface area contributed by atoms with E-state index in [4.69, 9.17) is 5.73 Å². The first kappa shape index (κ1) is 15.3. The van der Waals surface area contributed by atoms with Gasteiger partial charge in [0.15, 0.2) is 0 Å². The van der Waals surface area contributed by atoms with Gasteiger partial charge >= 0.3 is 0 Å². The number of likely N-dealkylation sites (N-methyl/N-ethyl adjacent to an activating group) is 1. The van der Waals surface area contributed by atoms with Gasteiger partial charge in [0.25, 0.3) is 0 Å². The van der Waals surface area contributed by atoms with Crippen LogP contribution in [0.15, 0.2) is 60.7 Å². The maximum absolute atomic E-state index is 12.1. The molecule has 0 radical (unpaired) electrons. The van der Waals surface area contributed by atoms with Gasteiger partial charge in [-0.25, -0.2) is 0 Å². The summed E-state index contributed by atoms with van der Waals surface area (Å²) >= 11 is 0. The van der Waals surface area contributed by atoms with Crippen molar-refractivity contribution in [1.82, 2.24) is 4.90 Å². The van der Waals surface area contributed by atoms with Crippen LogP contribution in [0.4, 0.5) is 0 Å². The van der Waals surface area contributed by atoms with Crippen molar-refractivity contribution >= 4 is 5.91 Å². The molecule has 0 spiro atoms. The summed E-state index contributed by atoms with van der Waals surface area (Å²) < 4.78 is 0. The third-order valence-corrected chi connectivity index (χ3v) is 3.93. The molecule has 2 atom stereocenters. The molecule has 3 heteroatoms. The number of carbonyl (C=O) groups excluding carboxylic acids is 1. The molecule has 3 nitrogen and oxygen atoms in total. The summed E-state index contributed by atoms with van der Waals surface area (Å²) in [5, 5.41) is 0. The Kier molecular flexibility index (Phi) is 5.12. The van der Waals surface area contributed by atoms with E-state index < -0.39 is 0 Å². The number of amides is 1. The normalized spacial score (nSPS) is 13.5. The van der Waals surface area contributed by atoms with Crippen LogP contribution in [0.25, 0.3) is 0 Å². The molecule has 0 saturated carbocycles. The minimum Gasteiger partial charge on any atom is -0.337 e. The molecule has 0 fully saturated rings. The van der Waals surface area contributed by atoms with Gasteiger partial charge in [-0.15, -0.1) is 0 Å². The molecule has 0 heterocycles. The molecule has 0 unspecified atom stereocenters. The van der Waals surface area contributed by atoms with Crippen molar-refractivity contribution in [3.63, 3.8) is 0 Å². The van der Waals surface area contributed by atoms with Crippen LogP contribution in [-0.2, 0) is 4.79 Å². The first-order valence-corrected chi connectivity index (χ1v) is 7.20. The summed E-state index contributed by atoms with van der Waals surface area (Å²) in [5.74, 6) is 0.140. The van der Waals surface area contributed by atoms with Gasteiger partial charge in [0, 0.05) is 13.0 Å². The molecule has 0 aromatic heterocycles. The lowest BCUT2D eigenvalue weighted by atomic mass is 9.87. The highest BCUT2D eigenvalue weighted by Gasteiger charge is 2.27. The van der Waals surface area contributed by atoms with Crippen molar-refractivity contribution in [3.05, 3.63) is 71.8 Å². The van der Waals surface area contributed by atoms with Gasteiger partial charge in [-0.1, -0.05) is 67.6 Å². The standard InChI is InChI=1S/C18H22N2O/c1-14(15-9-5-3-6-10-15)18(20(2)17(21)13-19)16-11-7-4-8-12-16/h3-12,14,18H,13,19H2,1-2H3/t14-,18+/m1/s1. The summed E-state index contributed by atoms with van der Waals surface area (Å²) in [6.45, 7) is 2.18. The summed E-state index contributed by atoms with van der Waals surface area (Å²) in [6, 6.07) is 20.3. The first-order valence-electron chi connectivity index (χ1n) is 7.20. The third-order valence-electron chi connectivity index (χ3n) is 3.93. The van der Waals surface area contributed by atoms with Crippen LogP contribution in [0.3, 0.4) is 0 Å². The SMILES string of the molecule is C[C@H](c1ccccc1)[C@@H](c1ccccc1)N(C)C(=O)CN. The molecule has 21 heavy (non-hydrogen) atoms. The smallest absolute Gasteiger partial charge is 0.236 e. The van der Waals surface area contributed by atoms with Crippen LogP contribution in [0.2, 0.25) is 0 Å². The molecule has 2 aromatic carbocycles. The van der Waals surface area contributed by atoms with Gasteiger partial charge in [0.1, 0.15) is 0 Å².